The summed E-state index contributed by atoms with van der Waals surface area (Å²) in [6.07, 6.45) is 0. The number of nitriles is 1. The van der Waals surface area contributed by atoms with Crippen LogP contribution in [0.4, 0.5) is 10.1 Å². The van der Waals surface area contributed by atoms with Gasteiger partial charge in [-0.1, -0.05) is 12.1 Å². The van der Waals surface area contributed by atoms with Crippen LogP contribution in [0.15, 0.2) is 24.3 Å². The Hall–Kier alpha value is -2.42. The maximum atomic E-state index is 13.1. The fourth-order valence-electron chi connectivity index (χ4n) is 0.942. The van der Waals surface area contributed by atoms with Gasteiger partial charge in [0, 0.05) is 0 Å². The van der Waals surface area contributed by atoms with Crippen LogP contribution in [0, 0.1) is 17.1 Å². The molecule has 82 valence electrons. The lowest BCUT2D eigenvalue weighted by atomic mass is 10.3. The van der Waals surface area contributed by atoms with E-state index in [1.807, 2.05) is 5.32 Å². The molecule has 0 spiro atoms. The zero-order chi connectivity index (χ0) is 12.0. The minimum atomic E-state index is -1.01. The van der Waals surface area contributed by atoms with E-state index in [-0.39, 0.29) is 12.2 Å². The molecular formula is C10H8FN3O2. The van der Waals surface area contributed by atoms with Crippen molar-refractivity contribution in [2.75, 3.05) is 11.9 Å². The first-order valence-electron chi connectivity index (χ1n) is 4.36. The van der Waals surface area contributed by atoms with Gasteiger partial charge >= 0.3 is 11.8 Å². The van der Waals surface area contributed by atoms with Crippen molar-refractivity contribution in [3.05, 3.63) is 30.1 Å². The zero-order valence-corrected chi connectivity index (χ0v) is 8.16. The van der Waals surface area contributed by atoms with Crippen LogP contribution < -0.4 is 10.6 Å². The average Bonchev–Trinajstić information content (AvgIpc) is 2.28. The van der Waals surface area contributed by atoms with E-state index in [1.165, 1.54) is 18.2 Å². The van der Waals surface area contributed by atoms with Crippen molar-refractivity contribution >= 4 is 17.5 Å². The molecule has 0 aliphatic carbocycles. The van der Waals surface area contributed by atoms with Crippen LogP contribution in [0.5, 0.6) is 0 Å². The Balaban J connectivity index is 2.62. The molecule has 0 atom stereocenters. The summed E-state index contributed by atoms with van der Waals surface area (Å²) in [5.74, 6) is -2.63. The summed E-state index contributed by atoms with van der Waals surface area (Å²) in [5.41, 5.74) is -0.0837. The van der Waals surface area contributed by atoms with Crippen molar-refractivity contribution in [2.24, 2.45) is 0 Å². The zero-order valence-electron chi connectivity index (χ0n) is 8.16. The molecule has 0 aliphatic heterocycles. The van der Waals surface area contributed by atoms with Gasteiger partial charge in [-0.15, -0.1) is 0 Å². The number of para-hydroxylation sites is 1. The summed E-state index contributed by atoms with van der Waals surface area (Å²) in [6.45, 7) is -0.274. The first kappa shape index (κ1) is 11.7. The highest BCUT2D eigenvalue weighted by atomic mass is 19.1. The third-order valence-electron chi connectivity index (χ3n) is 1.66. The lowest BCUT2D eigenvalue weighted by Gasteiger charge is -2.04. The maximum absolute atomic E-state index is 13.1. The molecule has 5 nitrogen and oxygen atoms in total. The number of rotatable bonds is 2. The standard InChI is InChI=1S/C10H8FN3O2/c11-7-3-1-2-4-8(7)14-10(16)9(15)13-6-5-12/h1-4H,6H2,(H,13,15)(H,14,16). The van der Waals surface area contributed by atoms with Gasteiger partial charge in [-0.05, 0) is 12.1 Å². The number of amides is 2. The van der Waals surface area contributed by atoms with E-state index in [0.29, 0.717) is 0 Å². The highest BCUT2D eigenvalue weighted by Gasteiger charge is 2.14. The monoisotopic (exact) mass is 221 g/mol. The van der Waals surface area contributed by atoms with Crippen molar-refractivity contribution < 1.29 is 14.0 Å². The summed E-state index contributed by atoms with van der Waals surface area (Å²) < 4.78 is 13.1. The lowest BCUT2D eigenvalue weighted by Crippen LogP contribution is -2.35. The predicted molar refractivity (Wildman–Crippen MR) is 53.7 cm³/mol. The predicted octanol–water partition coefficient (Wildman–Crippen LogP) is 0.404. The first-order valence-corrected chi connectivity index (χ1v) is 4.36. The van der Waals surface area contributed by atoms with Gasteiger partial charge in [-0.3, -0.25) is 9.59 Å². The maximum Gasteiger partial charge on any atom is 0.313 e. The largest absolute Gasteiger partial charge is 0.335 e. The van der Waals surface area contributed by atoms with E-state index in [9.17, 15) is 14.0 Å². The summed E-state index contributed by atoms with van der Waals surface area (Å²) in [6, 6.07) is 7.10. The highest BCUT2D eigenvalue weighted by molar-refractivity contribution is 6.39. The smallest absolute Gasteiger partial charge is 0.313 e. The number of anilines is 1. The van der Waals surface area contributed by atoms with Gasteiger partial charge in [-0.2, -0.15) is 5.26 Å². The van der Waals surface area contributed by atoms with Gasteiger partial charge in [0.15, 0.2) is 0 Å². The molecule has 16 heavy (non-hydrogen) atoms. The van der Waals surface area contributed by atoms with E-state index in [4.69, 9.17) is 5.26 Å². The number of hydrogen-bond acceptors (Lipinski definition) is 3. The minimum Gasteiger partial charge on any atom is -0.335 e. The molecule has 0 aromatic heterocycles. The molecule has 1 aromatic carbocycles. The molecule has 0 saturated carbocycles. The van der Waals surface area contributed by atoms with Gasteiger partial charge in [-0.25, -0.2) is 4.39 Å². The topological polar surface area (TPSA) is 82.0 Å². The number of halogens is 1. The Morgan fingerprint density at radius 3 is 2.62 bits per heavy atom. The molecule has 1 aromatic rings. The summed E-state index contributed by atoms with van der Waals surface area (Å²) >= 11 is 0. The molecule has 1 rings (SSSR count). The summed E-state index contributed by atoms with van der Waals surface area (Å²) in [7, 11) is 0. The molecule has 0 heterocycles. The van der Waals surface area contributed by atoms with Crippen LogP contribution >= 0.6 is 0 Å². The Morgan fingerprint density at radius 1 is 1.31 bits per heavy atom. The van der Waals surface area contributed by atoms with Crippen LogP contribution in [0.3, 0.4) is 0 Å². The van der Waals surface area contributed by atoms with Gasteiger partial charge in [0.1, 0.15) is 12.4 Å². The van der Waals surface area contributed by atoms with E-state index >= 15 is 0 Å². The van der Waals surface area contributed by atoms with E-state index in [1.54, 1.807) is 6.07 Å². The van der Waals surface area contributed by atoms with Crippen LogP contribution in [-0.2, 0) is 9.59 Å². The molecule has 0 unspecified atom stereocenters. The molecule has 2 amide bonds. The number of hydrogen-bond donors (Lipinski definition) is 2. The molecule has 6 heteroatoms. The van der Waals surface area contributed by atoms with E-state index in [0.717, 1.165) is 6.07 Å². The Bertz CT molecular complexity index is 454. The molecule has 0 fully saturated rings. The molecule has 0 bridgehead atoms. The molecule has 0 aliphatic rings. The number of carbonyl (C=O) groups excluding carboxylic acids is 2. The third kappa shape index (κ3) is 3.06. The van der Waals surface area contributed by atoms with Gasteiger partial charge in [0.2, 0.25) is 0 Å². The number of benzene rings is 1. The Kier molecular flexibility index (Phi) is 3.98. The normalized spacial score (nSPS) is 9.00. The van der Waals surface area contributed by atoms with Crippen LogP contribution in [0.1, 0.15) is 0 Å². The third-order valence-corrected chi connectivity index (χ3v) is 1.66. The van der Waals surface area contributed by atoms with Crippen molar-refractivity contribution in [1.29, 1.82) is 5.26 Å². The summed E-state index contributed by atoms with van der Waals surface area (Å²) in [4.78, 5) is 22.2. The van der Waals surface area contributed by atoms with Crippen LogP contribution in [0.25, 0.3) is 0 Å². The number of carbonyl (C=O) groups is 2. The quantitative estimate of drug-likeness (QED) is 0.560. The SMILES string of the molecule is N#CCNC(=O)C(=O)Nc1ccccc1F. The Morgan fingerprint density at radius 2 is 2.00 bits per heavy atom. The molecule has 2 N–H and O–H groups in total. The Labute approximate surface area is 90.9 Å². The van der Waals surface area contributed by atoms with Crippen LogP contribution in [0.2, 0.25) is 0 Å². The van der Waals surface area contributed by atoms with Gasteiger partial charge in [0.25, 0.3) is 0 Å². The van der Waals surface area contributed by atoms with Gasteiger partial charge < -0.3 is 10.6 Å². The molecule has 0 radical (unpaired) electrons. The van der Waals surface area contributed by atoms with Crippen LogP contribution in [-0.4, -0.2) is 18.4 Å². The van der Waals surface area contributed by atoms with Crippen molar-refractivity contribution in [3.8, 4) is 6.07 Å². The second-order valence-electron chi connectivity index (χ2n) is 2.77. The lowest BCUT2D eigenvalue weighted by molar-refractivity contribution is -0.136. The minimum absolute atomic E-state index is 0.0837. The van der Waals surface area contributed by atoms with Crippen molar-refractivity contribution in [1.82, 2.24) is 5.32 Å². The second-order valence-corrected chi connectivity index (χ2v) is 2.77. The molecular weight excluding hydrogens is 213 g/mol. The molecule has 0 saturated heterocycles. The van der Waals surface area contributed by atoms with Gasteiger partial charge in [0.05, 0.1) is 11.8 Å². The number of nitrogens with one attached hydrogen (secondary N) is 2. The average molecular weight is 221 g/mol. The highest BCUT2D eigenvalue weighted by Crippen LogP contribution is 2.11. The fraction of sp³-hybridized carbons (Fsp3) is 0.100. The van der Waals surface area contributed by atoms with Crippen molar-refractivity contribution in [2.45, 2.75) is 0 Å². The van der Waals surface area contributed by atoms with E-state index < -0.39 is 17.6 Å². The second kappa shape index (κ2) is 5.46. The van der Waals surface area contributed by atoms with E-state index in [2.05, 4.69) is 5.32 Å². The first-order chi connectivity index (χ1) is 7.65. The fourth-order valence-corrected chi connectivity index (χ4v) is 0.942. The number of nitrogens with zero attached hydrogens (tertiary/aromatic N) is 1. The van der Waals surface area contributed by atoms with Crippen molar-refractivity contribution in [3.63, 3.8) is 0 Å². The summed E-state index contributed by atoms with van der Waals surface area (Å²) in [5, 5.41) is 12.3.